The maximum Gasteiger partial charge on any atom is 0.647 e. The Morgan fingerprint density at radius 2 is 1.12 bits per heavy atom. The highest BCUT2D eigenvalue weighted by atomic mass is 79.9. The number of rotatable bonds is 8. The summed E-state index contributed by atoms with van der Waals surface area (Å²) >= 11 is 6.90. The molecule has 0 amide bonds. The molecule has 0 saturated carbocycles. The van der Waals surface area contributed by atoms with Gasteiger partial charge in [-0.05, 0) is 94.2 Å². The topological polar surface area (TPSA) is 44.8 Å². The number of hydrogen-bond donors (Lipinski definition) is 0. The van der Waals surface area contributed by atoms with E-state index in [1.54, 1.807) is 12.1 Å². The Bertz CT molecular complexity index is 1130. The summed E-state index contributed by atoms with van der Waals surface area (Å²) in [6, 6.07) is 17.1. The Balaban J connectivity index is 2.06. The highest BCUT2D eigenvalue weighted by Crippen LogP contribution is 2.52. The van der Waals surface area contributed by atoms with Gasteiger partial charge in [-0.3, -0.25) is 0 Å². The molecule has 33 heavy (non-hydrogen) atoms. The van der Waals surface area contributed by atoms with Crippen molar-refractivity contribution in [2.75, 3.05) is 0 Å². The number of benzene rings is 3. The molecule has 0 atom stereocenters. The van der Waals surface area contributed by atoms with Crippen LogP contribution in [0.2, 0.25) is 0 Å². The monoisotopic (exact) mass is 594 g/mol. The number of hydrogen-bond acceptors (Lipinski definition) is 4. The standard InChI is InChI=1S/C26H29Br2O4P/c1-16(2)20-9-7-18(5)25(13-20)31-33(29,30-24-12-11-22(27)15-23(24)28)32-26-14-21(17(3)4)10-8-19(26)6/h7-17H,1-6H3. The van der Waals surface area contributed by atoms with Crippen LogP contribution < -0.4 is 13.6 Å². The van der Waals surface area contributed by atoms with E-state index in [2.05, 4.69) is 59.6 Å². The van der Waals surface area contributed by atoms with E-state index in [-0.39, 0.29) is 0 Å². The van der Waals surface area contributed by atoms with Gasteiger partial charge in [0.15, 0.2) is 0 Å². The van der Waals surface area contributed by atoms with Crippen LogP contribution in [0.25, 0.3) is 0 Å². The predicted octanol–water partition coefficient (Wildman–Crippen LogP) is 9.72. The van der Waals surface area contributed by atoms with Crippen molar-refractivity contribution in [3.63, 3.8) is 0 Å². The summed E-state index contributed by atoms with van der Waals surface area (Å²) in [5, 5.41) is 0. The van der Waals surface area contributed by atoms with Crippen LogP contribution in [0.1, 0.15) is 61.8 Å². The van der Waals surface area contributed by atoms with Gasteiger partial charge in [-0.25, -0.2) is 0 Å². The van der Waals surface area contributed by atoms with Gasteiger partial charge in [-0.2, -0.15) is 4.57 Å². The molecule has 0 spiro atoms. The normalized spacial score (nSPS) is 11.7. The van der Waals surface area contributed by atoms with E-state index in [1.807, 2.05) is 56.3 Å². The third-order valence-corrected chi connectivity index (χ3v) is 7.66. The van der Waals surface area contributed by atoms with Gasteiger partial charge < -0.3 is 13.6 Å². The average molecular weight is 596 g/mol. The van der Waals surface area contributed by atoms with E-state index in [9.17, 15) is 4.57 Å². The molecule has 0 radical (unpaired) electrons. The Morgan fingerprint density at radius 3 is 1.55 bits per heavy atom. The fourth-order valence-corrected chi connectivity index (χ4v) is 5.76. The van der Waals surface area contributed by atoms with Gasteiger partial charge in [0.2, 0.25) is 0 Å². The van der Waals surface area contributed by atoms with Gasteiger partial charge in [0.05, 0.1) is 4.47 Å². The third-order valence-electron chi connectivity index (χ3n) is 5.28. The van der Waals surface area contributed by atoms with Crippen molar-refractivity contribution >= 4 is 39.7 Å². The first kappa shape index (κ1) is 25.9. The smallest absolute Gasteiger partial charge is 0.386 e. The number of phosphoric acid groups is 1. The second-order valence-electron chi connectivity index (χ2n) is 8.66. The number of halogens is 2. The van der Waals surface area contributed by atoms with Crippen LogP contribution in [0.15, 0.2) is 63.5 Å². The molecule has 0 aliphatic carbocycles. The molecule has 0 heterocycles. The fourth-order valence-electron chi connectivity index (χ4n) is 3.11. The van der Waals surface area contributed by atoms with Crippen LogP contribution in [0, 0.1) is 13.8 Å². The fraction of sp³-hybridized carbons (Fsp3) is 0.308. The van der Waals surface area contributed by atoms with Gasteiger partial charge in [0, 0.05) is 4.47 Å². The lowest BCUT2D eigenvalue weighted by Gasteiger charge is -2.23. The molecule has 0 aliphatic heterocycles. The lowest BCUT2D eigenvalue weighted by atomic mass is 10.0. The SMILES string of the molecule is Cc1ccc(C(C)C)cc1OP(=O)(Oc1cc(C(C)C)ccc1C)Oc1ccc(Br)cc1Br. The number of aryl methyl sites for hydroxylation is 2. The first-order valence-electron chi connectivity index (χ1n) is 10.8. The van der Waals surface area contributed by atoms with Gasteiger partial charge in [0.25, 0.3) is 0 Å². The van der Waals surface area contributed by atoms with Crippen molar-refractivity contribution in [1.82, 2.24) is 0 Å². The van der Waals surface area contributed by atoms with Crippen LogP contribution in [0.3, 0.4) is 0 Å². The summed E-state index contributed by atoms with van der Waals surface area (Å²) in [5.74, 6) is 1.88. The molecule has 176 valence electrons. The minimum atomic E-state index is -4.13. The van der Waals surface area contributed by atoms with E-state index in [0.29, 0.717) is 33.6 Å². The number of phosphoric ester groups is 1. The van der Waals surface area contributed by atoms with Crippen molar-refractivity contribution in [3.8, 4) is 17.2 Å². The van der Waals surface area contributed by atoms with Crippen molar-refractivity contribution < 1.29 is 18.1 Å². The Kier molecular flexibility index (Phi) is 8.36. The van der Waals surface area contributed by atoms with Gasteiger partial charge in [-0.15, -0.1) is 0 Å². The molecule has 0 fully saturated rings. The third kappa shape index (κ3) is 6.65. The van der Waals surface area contributed by atoms with Crippen LogP contribution in [0.5, 0.6) is 17.2 Å². The first-order valence-corrected chi connectivity index (χ1v) is 13.9. The molecular formula is C26H29Br2O4P. The summed E-state index contributed by atoms with van der Waals surface area (Å²) in [4.78, 5) is 0. The minimum absolute atomic E-state index is 0.291. The summed E-state index contributed by atoms with van der Waals surface area (Å²) in [6.07, 6.45) is 0. The first-order chi connectivity index (χ1) is 15.5. The van der Waals surface area contributed by atoms with Gasteiger partial charge >= 0.3 is 7.82 Å². The molecular weight excluding hydrogens is 567 g/mol. The van der Waals surface area contributed by atoms with Crippen molar-refractivity contribution in [2.45, 2.75) is 53.4 Å². The molecule has 4 nitrogen and oxygen atoms in total. The molecule has 0 N–H and O–H groups in total. The lowest BCUT2D eigenvalue weighted by molar-refractivity contribution is 0.296. The molecule has 0 bridgehead atoms. The Labute approximate surface area is 213 Å². The highest BCUT2D eigenvalue weighted by molar-refractivity contribution is 9.11. The summed E-state index contributed by atoms with van der Waals surface area (Å²) in [5.41, 5.74) is 3.83. The second kappa shape index (κ2) is 10.7. The Hall–Kier alpha value is -1.75. The van der Waals surface area contributed by atoms with Gasteiger partial charge in [-0.1, -0.05) is 67.9 Å². The summed E-state index contributed by atoms with van der Waals surface area (Å²) < 4.78 is 33.7. The minimum Gasteiger partial charge on any atom is -0.386 e. The Morgan fingerprint density at radius 1 is 0.667 bits per heavy atom. The molecule has 3 aromatic rings. The van der Waals surface area contributed by atoms with E-state index in [1.165, 1.54) is 0 Å². The largest absolute Gasteiger partial charge is 0.647 e. The zero-order valence-electron chi connectivity index (χ0n) is 19.7. The molecule has 0 unspecified atom stereocenters. The quantitative estimate of drug-likeness (QED) is 0.243. The molecule has 0 saturated heterocycles. The molecule has 3 rings (SSSR count). The van der Waals surface area contributed by atoms with E-state index >= 15 is 0 Å². The van der Waals surface area contributed by atoms with Crippen LogP contribution in [0.4, 0.5) is 0 Å². The van der Waals surface area contributed by atoms with E-state index in [0.717, 1.165) is 26.7 Å². The highest BCUT2D eigenvalue weighted by Gasteiger charge is 2.35. The second-order valence-corrected chi connectivity index (χ2v) is 11.9. The van der Waals surface area contributed by atoms with Crippen molar-refractivity contribution in [2.24, 2.45) is 0 Å². The van der Waals surface area contributed by atoms with Crippen LogP contribution in [-0.2, 0) is 4.57 Å². The zero-order chi connectivity index (χ0) is 24.3. The van der Waals surface area contributed by atoms with E-state index in [4.69, 9.17) is 13.6 Å². The van der Waals surface area contributed by atoms with Gasteiger partial charge in [0.1, 0.15) is 17.2 Å². The predicted molar refractivity (Wildman–Crippen MR) is 142 cm³/mol. The molecule has 7 heteroatoms. The molecule has 0 aromatic heterocycles. The maximum absolute atomic E-state index is 14.1. The maximum atomic E-state index is 14.1. The zero-order valence-corrected chi connectivity index (χ0v) is 23.8. The van der Waals surface area contributed by atoms with Crippen molar-refractivity contribution in [1.29, 1.82) is 0 Å². The molecule has 0 aliphatic rings. The van der Waals surface area contributed by atoms with Crippen LogP contribution >= 0.6 is 39.7 Å². The van der Waals surface area contributed by atoms with E-state index < -0.39 is 7.82 Å². The lowest BCUT2D eigenvalue weighted by Crippen LogP contribution is -2.10. The van der Waals surface area contributed by atoms with Crippen LogP contribution in [-0.4, -0.2) is 0 Å². The summed E-state index contributed by atoms with van der Waals surface area (Å²) in [7, 11) is -4.13. The summed E-state index contributed by atoms with van der Waals surface area (Å²) in [6.45, 7) is 12.2. The average Bonchev–Trinajstić information content (AvgIpc) is 2.73. The molecule has 3 aromatic carbocycles. The van der Waals surface area contributed by atoms with Crippen molar-refractivity contribution in [3.05, 3.63) is 85.8 Å².